The highest BCUT2D eigenvalue weighted by Gasteiger charge is 2.32. The van der Waals surface area contributed by atoms with Crippen LogP contribution in [-0.4, -0.2) is 31.7 Å². The third-order valence-corrected chi connectivity index (χ3v) is 8.21. The van der Waals surface area contributed by atoms with Gasteiger partial charge in [0.25, 0.3) is 0 Å². The van der Waals surface area contributed by atoms with Crippen LogP contribution >= 0.6 is 23.2 Å². The number of amides is 1. The molecule has 0 saturated carbocycles. The summed E-state index contributed by atoms with van der Waals surface area (Å²) in [6.45, 7) is 4.92. The normalized spacial score (nSPS) is 16.8. The summed E-state index contributed by atoms with van der Waals surface area (Å²) >= 11 is 12.1. The SMILES string of the molecule is CC(C)C[C@H](NC(=O)C1CCN(S(=O)(=O)Cc2ccc(Cl)cc2Cl)CC1)c1ccccc1. The fraction of sp³-hybridized carbons (Fsp3) is 0.458. The fourth-order valence-electron chi connectivity index (χ4n) is 4.05. The fourth-order valence-corrected chi connectivity index (χ4v) is 6.20. The van der Waals surface area contributed by atoms with Crippen LogP contribution in [0.1, 0.15) is 50.3 Å². The van der Waals surface area contributed by atoms with Crippen LogP contribution in [0.25, 0.3) is 0 Å². The van der Waals surface area contributed by atoms with Crippen LogP contribution in [-0.2, 0) is 20.6 Å². The molecule has 1 aliphatic rings. The smallest absolute Gasteiger partial charge is 0.223 e. The van der Waals surface area contributed by atoms with Gasteiger partial charge in [-0.15, -0.1) is 0 Å². The molecule has 1 aliphatic heterocycles. The van der Waals surface area contributed by atoms with Crippen LogP contribution in [0.5, 0.6) is 0 Å². The highest BCUT2D eigenvalue weighted by molar-refractivity contribution is 7.88. The summed E-state index contributed by atoms with van der Waals surface area (Å²) in [5.74, 6) is 0.0630. The molecule has 1 heterocycles. The first kappa shape index (κ1) is 25.0. The number of nitrogens with one attached hydrogen (secondary N) is 1. The summed E-state index contributed by atoms with van der Waals surface area (Å²) in [6, 6.07) is 14.8. The first-order valence-electron chi connectivity index (χ1n) is 10.9. The van der Waals surface area contributed by atoms with Crippen molar-refractivity contribution in [2.45, 2.75) is 44.9 Å². The third-order valence-electron chi connectivity index (χ3n) is 5.80. The van der Waals surface area contributed by atoms with E-state index < -0.39 is 10.0 Å². The molecule has 32 heavy (non-hydrogen) atoms. The van der Waals surface area contributed by atoms with Crippen molar-refractivity contribution in [2.24, 2.45) is 11.8 Å². The van der Waals surface area contributed by atoms with Crippen molar-refractivity contribution in [1.29, 1.82) is 0 Å². The molecular formula is C24H30Cl2N2O3S. The van der Waals surface area contributed by atoms with Gasteiger partial charge >= 0.3 is 0 Å². The quantitative estimate of drug-likeness (QED) is 0.528. The summed E-state index contributed by atoms with van der Waals surface area (Å²) in [6.07, 6.45) is 1.86. The van der Waals surface area contributed by atoms with E-state index >= 15 is 0 Å². The lowest BCUT2D eigenvalue weighted by Gasteiger charge is -2.32. The monoisotopic (exact) mass is 496 g/mol. The average molecular weight is 497 g/mol. The maximum atomic E-state index is 13.0. The molecule has 5 nitrogen and oxygen atoms in total. The third kappa shape index (κ3) is 6.70. The van der Waals surface area contributed by atoms with E-state index in [1.165, 1.54) is 4.31 Å². The maximum absolute atomic E-state index is 13.0. The molecule has 8 heteroatoms. The molecule has 1 fully saturated rings. The topological polar surface area (TPSA) is 66.5 Å². The Morgan fingerprint density at radius 3 is 2.34 bits per heavy atom. The maximum Gasteiger partial charge on any atom is 0.223 e. The lowest BCUT2D eigenvalue weighted by molar-refractivity contribution is -0.127. The van der Waals surface area contributed by atoms with Crippen LogP contribution in [0.15, 0.2) is 48.5 Å². The molecule has 0 spiro atoms. The lowest BCUT2D eigenvalue weighted by Crippen LogP contribution is -2.44. The van der Waals surface area contributed by atoms with Crippen LogP contribution in [0.4, 0.5) is 0 Å². The van der Waals surface area contributed by atoms with Crippen LogP contribution in [0.2, 0.25) is 10.0 Å². The Kier molecular flexibility index (Phi) is 8.62. The van der Waals surface area contributed by atoms with E-state index in [0.29, 0.717) is 47.5 Å². The molecule has 0 aliphatic carbocycles. The second-order valence-corrected chi connectivity index (χ2v) is 11.6. The van der Waals surface area contributed by atoms with Gasteiger partial charge in [-0.2, -0.15) is 0 Å². The van der Waals surface area contributed by atoms with E-state index in [1.807, 2.05) is 30.3 Å². The molecule has 1 amide bonds. The van der Waals surface area contributed by atoms with Gasteiger partial charge in [-0.25, -0.2) is 12.7 Å². The van der Waals surface area contributed by atoms with Gasteiger partial charge in [0.1, 0.15) is 0 Å². The Morgan fingerprint density at radius 1 is 1.09 bits per heavy atom. The van der Waals surface area contributed by atoms with Crippen LogP contribution in [0.3, 0.4) is 0 Å². The van der Waals surface area contributed by atoms with Gasteiger partial charge in [0.05, 0.1) is 11.8 Å². The minimum Gasteiger partial charge on any atom is -0.349 e. The van der Waals surface area contributed by atoms with Crippen molar-refractivity contribution >= 4 is 39.1 Å². The lowest BCUT2D eigenvalue weighted by atomic mass is 9.93. The number of hydrogen-bond acceptors (Lipinski definition) is 3. The van der Waals surface area contributed by atoms with Gasteiger partial charge in [-0.3, -0.25) is 4.79 Å². The van der Waals surface area contributed by atoms with Crippen molar-refractivity contribution < 1.29 is 13.2 Å². The minimum atomic E-state index is -3.53. The first-order valence-corrected chi connectivity index (χ1v) is 13.3. The molecule has 1 atom stereocenters. The number of hydrogen-bond donors (Lipinski definition) is 1. The molecule has 2 aromatic rings. The summed E-state index contributed by atoms with van der Waals surface area (Å²) in [5.41, 5.74) is 1.62. The van der Waals surface area contributed by atoms with Gasteiger partial charge < -0.3 is 5.32 Å². The zero-order chi connectivity index (χ0) is 23.3. The van der Waals surface area contributed by atoms with Crippen molar-refractivity contribution in [3.63, 3.8) is 0 Å². The largest absolute Gasteiger partial charge is 0.349 e. The Bertz CT molecular complexity index is 1020. The molecule has 0 unspecified atom stereocenters. The van der Waals surface area contributed by atoms with E-state index in [0.717, 1.165) is 12.0 Å². The van der Waals surface area contributed by atoms with Gasteiger partial charge in [-0.05, 0) is 48.4 Å². The molecular weight excluding hydrogens is 467 g/mol. The summed E-state index contributed by atoms with van der Waals surface area (Å²) in [7, 11) is -3.53. The number of halogens is 2. The van der Waals surface area contributed by atoms with Crippen molar-refractivity contribution in [3.05, 3.63) is 69.7 Å². The Hall–Kier alpha value is -1.60. The van der Waals surface area contributed by atoms with E-state index in [9.17, 15) is 13.2 Å². The average Bonchev–Trinajstić information content (AvgIpc) is 2.75. The standard InChI is InChI=1S/C24H30Cl2N2O3S/c1-17(2)14-23(18-6-4-3-5-7-18)27-24(29)19-10-12-28(13-11-19)32(30,31)16-20-8-9-21(25)15-22(20)26/h3-9,15,17,19,23H,10-14,16H2,1-2H3,(H,27,29)/t23-/m0/s1. The molecule has 0 aromatic heterocycles. The van der Waals surface area contributed by atoms with Gasteiger partial charge in [-0.1, -0.05) is 73.4 Å². The summed E-state index contributed by atoms with van der Waals surface area (Å²) in [5, 5.41) is 4.01. The van der Waals surface area contributed by atoms with Crippen LogP contribution < -0.4 is 5.32 Å². The van der Waals surface area contributed by atoms with Gasteiger partial charge in [0.15, 0.2) is 0 Å². The number of benzene rings is 2. The zero-order valence-corrected chi connectivity index (χ0v) is 20.8. The number of carbonyl (C=O) groups is 1. The van der Waals surface area contributed by atoms with E-state index in [4.69, 9.17) is 23.2 Å². The van der Waals surface area contributed by atoms with Gasteiger partial charge in [0.2, 0.25) is 15.9 Å². The predicted octanol–water partition coefficient (Wildman–Crippen LogP) is 5.44. The number of nitrogens with zero attached hydrogens (tertiary/aromatic N) is 1. The molecule has 2 aromatic carbocycles. The van der Waals surface area contributed by atoms with Crippen molar-refractivity contribution in [3.8, 4) is 0 Å². The zero-order valence-electron chi connectivity index (χ0n) is 18.4. The first-order chi connectivity index (χ1) is 15.2. The highest BCUT2D eigenvalue weighted by atomic mass is 35.5. The Morgan fingerprint density at radius 2 is 1.75 bits per heavy atom. The molecule has 174 valence electrons. The Labute approximate surface area is 201 Å². The highest BCUT2D eigenvalue weighted by Crippen LogP contribution is 2.27. The van der Waals surface area contributed by atoms with E-state index in [-0.39, 0.29) is 23.6 Å². The molecule has 0 radical (unpaired) electrons. The van der Waals surface area contributed by atoms with Gasteiger partial charge in [0, 0.05) is 29.1 Å². The predicted molar refractivity (Wildman–Crippen MR) is 130 cm³/mol. The van der Waals surface area contributed by atoms with E-state index in [1.54, 1.807) is 18.2 Å². The van der Waals surface area contributed by atoms with E-state index in [2.05, 4.69) is 19.2 Å². The molecule has 3 rings (SSSR count). The summed E-state index contributed by atoms with van der Waals surface area (Å²) in [4.78, 5) is 13.0. The number of sulfonamides is 1. The summed E-state index contributed by atoms with van der Waals surface area (Å²) < 4.78 is 27.2. The molecule has 1 saturated heterocycles. The van der Waals surface area contributed by atoms with Crippen molar-refractivity contribution in [1.82, 2.24) is 9.62 Å². The van der Waals surface area contributed by atoms with Crippen molar-refractivity contribution in [2.75, 3.05) is 13.1 Å². The van der Waals surface area contributed by atoms with Crippen LogP contribution in [0, 0.1) is 11.8 Å². The second kappa shape index (κ2) is 11.0. The molecule has 1 N–H and O–H groups in total. The second-order valence-electron chi connectivity index (χ2n) is 8.77. The molecule has 0 bridgehead atoms. The number of piperidine rings is 1. The Balaban J connectivity index is 1.59. The minimum absolute atomic E-state index is 0.00250. The number of rotatable bonds is 8. The number of carbonyl (C=O) groups excluding carboxylic acids is 1.